The molecule has 1 aromatic rings. The van der Waals surface area contributed by atoms with E-state index < -0.39 is 10.3 Å². The summed E-state index contributed by atoms with van der Waals surface area (Å²) in [5.74, 6) is 2.17. The average Bonchev–Trinajstić information content (AvgIpc) is 2.58. The van der Waals surface area contributed by atoms with Gasteiger partial charge in [0.05, 0.1) is 0 Å². The molecule has 0 bridgehead atoms. The Kier molecular flexibility index (Phi) is 2.45. The van der Waals surface area contributed by atoms with E-state index >= 15 is 0 Å². The lowest BCUT2D eigenvalue weighted by atomic mass is 10.2. The molecule has 0 aliphatic carbocycles. The average molecular weight is 212 g/mol. The molecule has 3 heteroatoms. The third-order valence-electron chi connectivity index (χ3n) is 2.82. The van der Waals surface area contributed by atoms with Gasteiger partial charge in [-0.1, -0.05) is 0 Å². The molecule has 2 rings (SSSR count). The number of rotatable bonds is 1. The van der Waals surface area contributed by atoms with Crippen molar-refractivity contribution >= 4 is 10.3 Å². The molecule has 2 nitrogen and oxygen atoms in total. The van der Waals surface area contributed by atoms with Crippen molar-refractivity contribution in [1.29, 1.82) is 0 Å². The second-order valence-electron chi connectivity index (χ2n) is 3.91. The van der Waals surface area contributed by atoms with Crippen molar-refractivity contribution in [2.75, 3.05) is 11.5 Å². The lowest BCUT2D eigenvalue weighted by Gasteiger charge is -2.29. The van der Waals surface area contributed by atoms with E-state index in [1.165, 1.54) is 0 Å². The smallest absolute Gasteiger partial charge is 0.118 e. The Balaban J connectivity index is 2.36. The molecule has 0 spiro atoms. The maximum absolute atomic E-state index is 10.4. The molecular formula is C11H16O2S. The predicted molar refractivity (Wildman–Crippen MR) is 60.3 cm³/mol. The zero-order valence-corrected chi connectivity index (χ0v) is 9.18. The summed E-state index contributed by atoms with van der Waals surface area (Å²) < 4.78 is 10.4. The van der Waals surface area contributed by atoms with Crippen LogP contribution >= 0.6 is 10.3 Å². The summed E-state index contributed by atoms with van der Waals surface area (Å²) in [4.78, 5) is 1.03. The minimum Gasteiger partial charge on any atom is -0.508 e. The van der Waals surface area contributed by atoms with Crippen molar-refractivity contribution in [3.05, 3.63) is 23.8 Å². The molecule has 0 radical (unpaired) electrons. The highest BCUT2D eigenvalue weighted by Gasteiger charge is 2.27. The van der Waals surface area contributed by atoms with E-state index in [1.807, 2.05) is 19.1 Å². The molecule has 1 fully saturated rings. The minimum absolute atomic E-state index is 0.315. The first-order valence-corrected chi connectivity index (χ1v) is 6.85. The van der Waals surface area contributed by atoms with Crippen LogP contribution in [0.15, 0.2) is 23.1 Å². The molecule has 2 N–H and O–H groups in total. The van der Waals surface area contributed by atoms with Gasteiger partial charge in [-0.2, -0.15) is 0 Å². The van der Waals surface area contributed by atoms with Gasteiger partial charge in [-0.05, 0) is 43.5 Å². The minimum atomic E-state index is -1.53. The Hall–Kier alpha value is -0.670. The molecule has 0 amide bonds. The SMILES string of the molecule is Cc1cc(S2(O)CCCC2)ccc1O. The van der Waals surface area contributed by atoms with Gasteiger partial charge in [-0.3, -0.25) is 0 Å². The largest absolute Gasteiger partial charge is 0.508 e. The number of phenols is 1. The summed E-state index contributed by atoms with van der Waals surface area (Å²) in [5, 5.41) is 9.40. The zero-order chi connectivity index (χ0) is 10.2. The topological polar surface area (TPSA) is 40.5 Å². The highest BCUT2D eigenvalue weighted by molar-refractivity contribution is 8.29. The Morgan fingerprint density at radius 1 is 1.21 bits per heavy atom. The van der Waals surface area contributed by atoms with E-state index in [2.05, 4.69) is 0 Å². The molecule has 0 atom stereocenters. The summed E-state index contributed by atoms with van der Waals surface area (Å²) in [7, 11) is -1.53. The van der Waals surface area contributed by atoms with Gasteiger partial charge < -0.3 is 9.66 Å². The maximum atomic E-state index is 10.4. The number of phenolic OH excluding ortho intramolecular Hbond substituents is 1. The Morgan fingerprint density at radius 3 is 2.43 bits per heavy atom. The fourth-order valence-electron chi connectivity index (χ4n) is 1.88. The molecular weight excluding hydrogens is 196 g/mol. The van der Waals surface area contributed by atoms with E-state index in [1.54, 1.807) is 6.07 Å². The third-order valence-corrected chi connectivity index (χ3v) is 5.88. The van der Waals surface area contributed by atoms with Crippen molar-refractivity contribution in [2.24, 2.45) is 0 Å². The normalized spacial score (nSPS) is 22.1. The lowest BCUT2D eigenvalue weighted by molar-refractivity contribution is 0.470. The van der Waals surface area contributed by atoms with Crippen LogP contribution in [0.5, 0.6) is 5.75 Å². The van der Waals surface area contributed by atoms with Crippen LogP contribution in [0.25, 0.3) is 0 Å². The van der Waals surface area contributed by atoms with Crippen LogP contribution in [0.3, 0.4) is 0 Å². The molecule has 78 valence electrons. The van der Waals surface area contributed by atoms with Crippen molar-refractivity contribution in [1.82, 2.24) is 0 Å². The van der Waals surface area contributed by atoms with Gasteiger partial charge in [-0.15, -0.1) is 10.3 Å². The van der Waals surface area contributed by atoms with Gasteiger partial charge >= 0.3 is 0 Å². The lowest BCUT2D eigenvalue weighted by Crippen LogP contribution is -2.01. The summed E-state index contributed by atoms with van der Waals surface area (Å²) in [6.45, 7) is 1.87. The molecule has 0 saturated carbocycles. The molecule has 0 aromatic heterocycles. The van der Waals surface area contributed by atoms with Gasteiger partial charge in [0.15, 0.2) is 0 Å². The van der Waals surface area contributed by atoms with Crippen molar-refractivity contribution < 1.29 is 9.66 Å². The van der Waals surface area contributed by atoms with Gasteiger partial charge in [0.25, 0.3) is 0 Å². The van der Waals surface area contributed by atoms with Crippen LogP contribution in [0.2, 0.25) is 0 Å². The first-order chi connectivity index (χ1) is 6.62. The number of hydrogen-bond donors (Lipinski definition) is 2. The molecule has 0 unspecified atom stereocenters. The Morgan fingerprint density at radius 2 is 1.86 bits per heavy atom. The molecule has 1 aliphatic rings. The quantitative estimate of drug-likeness (QED) is 0.750. The summed E-state index contributed by atoms with van der Waals surface area (Å²) >= 11 is 0. The Bertz CT molecular complexity index is 343. The zero-order valence-electron chi connectivity index (χ0n) is 8.36. The van der Waals surface area contributed by atoms with Crippen LogP contribution in [-0.2, 0) is 0 Å². The molecule has 1 saturated heterocycles. The molecule has 14 heavy (non-hydrogen) atoms. The Labute approximate surface area is 86.1 Å². The van der Waals surface area contributed by atoms with E-state index in [-0.39, 0.29) is 0 Å². The highest BCUT2D eigenvalue weighted by Crippen LogP contribution is 2.57. The van der Waals surface area contributed by atoms with Crippen LogP contribution in [0.4, 0.5) is 0 Å². The molecule has 1 aromatic carbocycles. The monoisotopic (exact) mass is 212 g/mol. The van der Waals surface area contributed by atoms with Crippen LogP contribution in [0.1, 0.15) is 18.4 Å². The third kappa shape index (κ3) is 1.62. The van der Waals surface area contributed by atoms with E-state index in [4.69, 9.17) is 0 Å². The highest BCUT2D eigenvalue weighted by atomic mass is 32.3. The predicted octanol–water partition coefficient (Wildman–Crippen LogP) is 3.13. The summed E-state index contributed by atoms with van der Waals surface area (Å²) in [6.07, 6.45) is 2.26. The van der Waals surface area contributed by atoms with Crippen molar-refractivity contribution in [2.45, 2.75) is 24.7 Å². The number of aromatic hydroxyl groups is 1. The number of aryl methyl sites for hydroxylation is 1. The van der Waals surface area contributed by atoms with E-state index in [0.29, 0.717) is 5.75 Å². The van der Waals surface area contributed by atoms with E-state index in [0.717, 1.165) is 34.8 Å². The van der Waals surface area contributed by atoms with Crippen LogP contribution in [0, 0.1) is 6.92 Å². The second-order valence-corrected chi connectivity index (χ2v) is 6.88. The standard InChI is InChI=1S/C11H16O2S/c1-9-8-10(4-5-11(9)12)14(13)6-2-3-7-14/h4-5,8,12-13H,2-3,6-7H2,1H3. The van der Waals surface area contributed by atoms with E-state index in [9.17, 15) is 9.66 Å². The summed E-state index contributed by atoms with van der Waals surface area (Å²) in [5.41, 5.74) is 0.857. The first kappa shape index (κ1) is 9.87. The van der Waals surface area contributed by atoms with Gasteiger partial charge in [0.1, 0.15) is 5.75 Å². The van der Waals surface area contributed by atoms with Crippen LogP contribution in [-0.4, -0.2) is 21.2 Å². The molecule has 1 heterocycles. The second kappa shape index (κ2) is 3.48. The number of hydrogen-bond acceptors (Lipinski definition) is 2. The maximum Gasteiger partial charge on any atom is 0.118 e. The van der Waals surface area contributed by atoms with Crippen molar-refractivity contribution in [3.8, 4) is 5.75 Å². The van der Waals surface area contributed by atoms with Gasteiger partial charge in [-0.25, -0.2) is 0 Å². The summed E-state index contributed by atoms with van der Waals surface area (Å²) in [6, 6.07) is 5.48. The number of benzene rings is 1. The molecule has 1 aliphatic heterocycles. The first-order valence-electron chi connectivity index (χ1n) is 4.93. The fraction of sp³-hybridized carbons (Fsp3) is 0.455. The van der Waals surface area contributed by atoms with Crippen LogP contribution < -0.4 is 0 Å². The van der Waals surface area contributed by atoms with Gasteiger partial charge in [0.2, 0.25) is 0 Å². The fourth-order valence-corrected chi connectivity index (χ4v) is 4.64. The van der Waals surface area contributed by atoms with Crippen molar-refractivity contribution in [3.63, 3.8) is 0 Å². The van der Waals surface area contributed by atoms with Gasteiger partial charge in [0, 0.05) is 16.4 Å².